The van der Waals surface area contributed by atoms with Gasteiger partial charge in [0.15, 0.2) is 0 Å². The van der Waals surface area contributed by atoms with Gasteiger partial charge in [-0.15, -0.1) is 0 Å². The van der Waals surface area contributed by atoms with E-state index in [0.717, 1.165) is 43.2 Å². The van der Waals surface area contributed by atoms with Gasteiger partial charge in [-0.1, -0.05) is 0 Å². The fraction of sp³-hybridized carbons (Fsp3) is 0.250. The molecule has 0 amide bonds. The topological polar surface area (TPSA) is 94.8 Å². The van der Waals surface area contributed by atoms with Crippen LogP contribution in [0.4, 0.5) is 22.7 Å². The number of rotatable bonds is 10. The molecule has 8 nitrogen and oxygen atoms in total. The average Bonchev–Trinajstić information content (AvgIpc) is 3.42. The maximum atomic E-state index is 12.8. The molecule has 0 fully saturated rings. The van der Waals surface area contributed by atoms with Crippen molar-refractivity contribution in [2.24, 2.45) is 4.99 Å². The lowest BCUT2D eigenvalue weighted by Gasteiger charge is -2.24. The lowest BCUT2D eigenvalue weighted by atomic mass is 9.99. The van der Waals surface area contributed by atoms with Gasteiger partial charge in [0, 0.05) is 61.2 Å². The quantitative estimate of drug-likeness (QED) is 0.337. The standard InChI is InChI=1S/C28H32N6O2/c1-4-30-21-6-8-22(9-7-21)31-25-18-26(28(36)20(3)27(25)35)32-23-10-12-24(13-11-23)34(5-2)17-16-33-15-14-29-19-33/h6-15,18-19,30,32,35H,4-5,16-17H2,1-3H3/b31-25-. The Labute approximate surface area is 211 Å². The fourth-order valence-corrected chi connectivity index (χ4v) is 3.98. The molecule has 4 rings (SSSR count). The van der Waals surface area contributed by atoms with Gasteiger partial charge in [0.25, 0.3) is 0 Å². The lowest BCUT2D eigenvalue weighted by molar-refractivity contribution is -0.112. The van der Waals surface area contributed by atoms with Crippen molar-refractivity contribution in [3.63, 3.8) is 0 Å². The highest BCUT2D eigenvalue weighted by Crippen LogP contribution is 2.25. The zero-order valence-corrected chi connectivity index (χ0v) is 20.9. The largest absolute Gasteiger partial charge is 0.505 e. The number of hydrogen-bond acceptors (Lipinski definition) is 7. The first-order valence-corrected chi connectivity index (χ1v) is 12.2. The van der Waals surface area contributed by atoms with Crippen LogP contribution in [0.2, 0.25) is 0 Å². The minimum atomic E-state index is -0.256. The van der Waals surface area contributed by atoms with E-state index in [2.05, 4.69) is 37.0 Å². The number of aliphatic hydroxyl groups is 1. The van der Waals surface area contributed by atoms with E-state index in [1.165, 1.54) is 0 Å². The number of benzene rings is 2. The number of likely N-dealkylation sites (N-methyl/N-ethyl adjacent to an activating group) is 1. The summed E-state index contributed by atoms with van der Waals surface area (Å²) in [5.41, 5.74) is 4.55. The highest BCUT2D eigenvalue weighted by Gasteiger charge is 2.24. The molecule has 0 radical (unpaired) electrons. The number of carbonyl (C=O) groups is 1. The zero-order valence-electron chi connectivity index (χ0n) is 20.9. The summed E-state index contributed by atoms with van der Waals surface area (Å²) in [6.07, 6.45) is 7.16. The molecule has 0 atom stereocenters. The van der Waals surface area contributed by atoms with Crippen LogP contribution in [0.5, 0.6) is 0 Å². The number of imidazole rings is 1. The number of Topliss-reactive ketones (excluding diaryl/α,β-unsaturated/α-hetero) is 1. The minimum Gasteiger partial charge on any atom is -0.505 e. The van der Waals surface area contributed by atoms with Crippen molar-refractivity contribution < 1.29 is 9.90 Å². The second-order valence-corrected chi connectivity index (χ2v) is 8.49. The molecule has 1 aliphatic carbocycles. The van der Waals surface area contributed by atoms with E-state index < -0.39 is 0 Å². The van der Waals surface area contributed by atoms with Gasteiger partial charge in [-0.25, -0.2) is 9.98 Å². The first-order chi connectivity index (χ1) is 17.5. The number of allylic oxidation sites excluding steroid dienone is 2. The molecule has 1 heterocycles. The maximum absolute atomic E-state index is 12.8. The number of nitrogens with one attached hydrogen (secondary N) is 2. The monoisotopic (exact) mass is 484 g/mol. The second-order valence-electron chi connectivity index (χ2n) is 8.49. The van der Waals surface area contributed by atoms with Crippen LogP contribution in [-0.4, -0.2) is 45.8 Å². The Hall–Kier alpha value is -4.33. The molecule has 0 bridgehead atoms. The molecule has 0 unspecified atom stereocenters. The molecule has 36 heavy (non-hydrogen) atoms. The lowest BCUT2D eigenvalue weighted by Crippen LogP contribution is -2.26. The van der Waals surface area contributed by atoms with Gasteiger partial charge in [0.2, 0.25) is 5.78 Å². The summed E-state index contributed by atoms with van der Waals surface area (Å²) in [6.45, 7) is 9.20. The highest BCUT2D eigenvalue weighted by atomic mass is 16.3. The minimum absolute atomic E-state index is 0.104. The summed E-state index contributed by atoms with van der Waals surface area (Å²) in [5, 5.41) is 17.0. The number of anilines is 3. The Morgan fingerprint density at radius 2 is 1.78 bits per heavy atom. The van der Waals surface area contributed by atoms with Gasteiger partial charge in [-0.3, -0.25) is 4.79 Å². The number of aliphatic imine (C=N–C) groups is 1. The van der Waals surface area contributed by atoms with Crippen molar-refractivity contribution in [2.75, 3.05) is 35.2 Å². The van der Waals surface area contributed by atoms with Crippen LogP contribution in [0, 0.1) is 0 Å². The summed E-state index contributed by atoms with van der Waals surface area (Å²) < 4.78 is 2.06. The Balaban J connectivity index is 1.49. The van der Waals surface area contributed by atoms with Crippen LogP contribution < -0.4 is 15.5 Å². The van der Waals surface area contributed by atoms with Crippen LogP contribution in [0.15, 0.2) is 95.3 Å². The highest BCUT2D eigenvalue weighted by molar-refractivity contribution is 6.24. The van der Waals surface area contributed by atoms with E-state index in [1.807, 2.05) is 68.0 Å². The third-order valence-corrected chi connectivity index (χ3v) is 6.04. The average molecular weight is 485 g/mol. The van der Waals surface area contributed by atoms with E-state index >= 15 is 0 Å². The first-order valence-electron chi connectivity index (χ1n) is 12.2. The third kappa shape index (κ3) is 5.83. The van der Waals surface area contributed by atoms with Gasteiger partial charge in [0.05, 0.1) is 17.7 Å². The predicted octanol–water partition coefficient (Wildman–Crippen LogP) is 5.32. The molecule has 3 aromatic rings. The van der Waals surface area contributed by atoms with Crippen LogP contribution in [-0.2, 0) is 11.3 Å². The van der Waals surface area contributed by atoms with E-state index in [0.29, 0.717) is 17.1 Å². The molecule has 3 N–H and O–H groups in total. The van der Waals surface area contributed by atoms with Crippen molar-refractivity contribution in [2.45, 2.75) is 27.3 Å². The molecule has 186 valence electrons. The zero-order chi connectivity index (χ0) is 25.5. The molecule has 1 aromatic heterocycles. The number of aromatic nitrogens is 2. The number of aliphatic hydroxyl groups excluding tert-OH is 1. The van der Waals surface area contributed by atoms with Gasteiger partial charge in [-0.05, 0) is 75.4 Å². The predicted molar refractivity (Wildman–Crippen MR) is 146 cm³/mol. The number of ketones is 1. The number of carbonyl (C=O) groups excluding carboxylic acids is 1. The number of hydrogen-bond donors (Lipinski definition) is 3. The van der Waals surface area contributed by atoms with E-state index in [-0.39, 0.29) is 17.1 Å². The number of nitrogens with zero attached hydrogens (tertiary/aromatic N) is 4. The van der Waals surface area contributed by atoms with Gasteiger partial charge >= 0.3 is 0 Å². The molecule has 0 spiro atoms. The maximum Gasteiger partial charge on any atom is 0.208 e. The summed E-state index contributed by atoms with van der Waals surface area (Å²) in [6, 6.07) is 15.6. The van der Waals surface area contributed by atoms with E-state index in [4.69, 9.17) is 0 Å². The summed E-state index contributed by atoms with van der Waals surface area (Å²) in [7, 11) is 0. The van der Waals surface area contributed by atoms with Crippen LogP contribution in [0.3, 0.4) is 0 Å². The molecule has 1 aliphatic rings. The van der Waals surface area contributed by atoms with Crippen molar-refractivity contribution in [3.05, 3.63) is 90.4 Å². The van der Waals surface area contributed by atoms with Crippen molar-refractivity contribution in [3.8, 4) is 0 Å². The fourth-order valence-electron chi connectivity index (χ4n) is 3.98. The first kappa shape index (κ1) is 24.8. The van der Waals surface area contributed by atoms with Gasteiger partial charge in [-0.2, -0.15) is 0 Å². The van der Waals surface area contributed by atoms with Gasteiger partial charge < -0.3 is 25.2 Å². The smallest absolute Gasteiger partial charge is 0.208 e. The SMILES string of the molecule is CCNc1ccc(/N=C2/C=C(Nc3ccc(N(CC)CCn4ccnc4)cc3)C(=O)C(C)=C2O)cc1. The van der Waals surface area contributed by atoms with Crippen molar-refractivity contribution in [1.29, 1.82) is 0 Å². The van der Waals surface area contributed by atoms with Crippen LogP contribution in [0.1, 0.15) is 20.8 Å². The summed E-state index contributed by atoms with van der Waals surface area (Å²) in [5.74, 6) is -0.360. The molecule has 8 heteroatoms. The van der Waals surface area contributed by atoms with E-state index in [1.54, 1.807) is 19.2 Å². The van der Waals surface area contributed by atoms with E-state index in [9.17, 15) is 9.90 Å². The van der Waals surface area contributed by atoms with Gasteiger partial charge in [0.1, 0.15) is 11.5 Å². The Bertz CT molecular complexity index is 1270. The Morgan fingerprint density at radius 3 is 2.42 bits per heavy atom. The molecule has 2 aromatic carbocycles. The van der Waals surface area contributed by atoms with Crippen molar-refractivity contribution >= 4 is 34.2 Å². The molecule has 0 saturated heterocycles. The normalized spacial score (nSPS) is 14.7. The molecule has 0 saturated carbocycles. The van der Waals surface area contributed by atoms with Crippen LogP contribution >= 0.6 is 0 Å². The summed E-state index contributed by atoms with van der Waals surface area (Å²) >= 11 is 0. The Morgan fingerprint density at radius 1 is 1.06 bits per heavy atom. The third-order valence-electron chi connectivity index (χ3n) is 6.04. The molecular weight excluding hydrogens is 452 g/mol. The Kier molecular flexibility index (Phi) is 7.85. The molecule has 0 aliphatic heterocycles. The second kappa shape index (κ2) is 11.4. The van der Waals surface area contributed by atoms with Crippen LogP contribution in [0.25, 0.3) is 0 Å². The molecular formula is C28H32N6O2. The summed E-state index contributed by atoms with van der Waals surface area (Å²) in [4.78, 5) is 23.8. The van der Waals surface area contributed by atoms with Crippen molar-refractivity contribution in [1.82, 2.24) is 9.55 Å².